The van der Waals surface area contributed by atoms with Gasteiger partial charge in [-0.1, -0.05) is 89.7 Å². The van der Waals surface area contributed by atoms with Crippen molar-refractivity contribution in [1.29, 1.82) is 0 Å². The van der Waals surface area contributed by atoms with Crippen LogP contribution in [0.25, 0.3) is 0 Å². The molecular formula is C25H46O2. The lowest BCUT2D eigenvalue weighted by molar-refractivity contribution is -0.185. The van der Waals surface area contributed by atoms with Gasteiger partial charge in [0.25, 0.3) is 0 Å². The van der Waals surface area contributed by atoms with Gasteiger partial charge in [-0.15, -0.1) is 0 Å². The summed E-state index contributed by atoms with van der Waals surface area (Å²) in [5, 5.41) is 0. The first-order valence-corrected chi connectivity index (χ1v) is 10.6. The van der Waals surface area contributed by atoms with Crippen molar-refractivity contribution in [3.05, 3.63) is 12.7 Å². The maximum absolute atomic E-state index is 12.2. The Bertz CT molecular complexity index is 531. The molecule has 0 spiro atoms. The molecule has 1 fully saturated rings. The first kappa shape index (κ1) is 24.2. The van der Waals surface area contributed by atoms with Gasteiger partial charge < -0.3 is 4.74 Å². The van der Waals surface area contributed by atoms with Gasteiger partial charge in [0.15, 0.2) is 0 Å². The van der Waals surface area contributed by atoms with Crippen molar-refractivity contribution in [1.82, 2.24) is 0 Å². The van der Waals surface area contributed by atoms with Gasteiger partial charge in [-0.3, -0.25) is 0 Å². The molecule has 0 aliphatic heterocycles. The van der Waals surface area contributed by atoms with E-state index in [4.69, 9.17) is 4.74 Å². The molecule has 0 saturated heterocycles. The van der Waals surface area contributed by atoms with Crippen LogP contribution < -0.4 is 0 Å². The predicted octanol–water partition coefficient (Wildman–Crippen LogP) is 7.14. The van der Waals surface area contributed by atoms with Gasteiger partial charge in [0.05, 0.1) is 0 Å². The summed E-state index contributed by atoms with van der Waals surface area (Å²) < 4.78 is 6.03. The van der Waals surface area contributed by atoms with Gasteiger partial charge in [-0.2, -0.15) is 0 Å². The van der Waals surface area contributed by atoms with E-state index in [1.165, 1.54) is 6.08 Å². The van der Waals surface area contributed by atoms with Crippen LogP contribution in [-0.4, -0.2) is 12.1 Å². The van der Waals surface area contributed by atoms with Crippen molar-refractivity contribution in [2.45, 2.75) is 95.6 Å². The highest BCUT2D eigenvalue weighted by molar-refractivity contribution is 5.81. The standard InChI is InChI=1S/C25H46O2/c1-14-18(26)27-17-15-16(22(2,3)4)19(23(5,6)7)21(25(11,12)13)20(17)24(8,9)10/h14,16-17,19-21H,1,15H2,2-13H3. The molecule has 1 aliphatic rings. The minimum absolute atomic E-state index is 0.0520. The van der Waals surface area contributed by atoms with Crippen LogP contribution in [0.15, 0.2) is 12.7 Å². The Hall–Kier alpha value is -0.790. The Morgan fingerprint density at radius 2 is 1.15 bits per heavy atom. The van der Waals surface area contributed by atoms with E-state index in [1.807, 2.05) is 0 Å². The Kier molecular flexibility index (Phi) is 6.79. The largest absolute Gasteiger partial charge is 0.459 e. The Morgan fingerprint density at radius 1 is 0.741 bits per heavy atom. The zero-order valence-electron chi connectivity index (χ0n) is 20.2. The molecule has 27 heavy (non-hydrogen) atoms. The zero-order chi connectivity index (χ0) is 21.6. The van der Waals surface area contributed by atoms with Crippen molar-refractivity contribution in [2.75, 3.05) is 0 Å². The molecule has 2 heteroatoms. The second-order valence-corrected chi connectivity index (χ2v) is 13.1. The molecule has 1 rings (SSSR count). The van der Waals surface area contributed by atoms with Crippen LogP contribution in [0.2, 0.25) is 0 Å². The normalized spacial score (nSPS) is 30.7. The molecule has 0 amide bonds. The number of carbonyl (C=O) groups is 1. The average molecular weight is 379 g/mol. The summed E-state index contributed by atoms with van der Waals surface area (Å²) in [5.74, 6) is 1.52. The molecule has 1 saturated carbocycles. The lowest BCUT2D eigenvalue weighted by atomic mass is 9.45. The first-order chi connectivity index (χ1) is 11.8. The smallest absolute Gasteiger partial charge is 0.330 e. The third-order valence-electron chi connectivity index (χ3n) is 6.64. The number of carbonyl (C=O) groups excluding carboxylic acids is 1. The third kappa shape index (κ3) is 5.61. The molecule has 0 N–H and O–H groups in total. The van der Waals surface area contributed by atoms with Crippen LogP contribution in [-0.2, 0) is 9.53 Å². The zero-order valence-corrected chi connectivity index (χ0v) is 20.2. The monoisotopic (exact) mass is 378 g/mol. The molecule has 5 atom stereocenters. The van der Waals surface area contributed by atoms with E-state index in [0.717, 1.165) is 6.42 Å². The second kappa shape index (κ2) is 7.56. The highest BCUT2D eigenvalue weighted by Crippen LogP contribution is 2.61. The second-order valence-electron chi connectivity index (χ2n) is 13.1. The van der Waals surface area contributed by atoms with E-state index in [2.05, 4.69) is 89.7 Å². The molecule has 0 bridgehead atoms. The number of esters is 1. The SMILES string of the molecule is C=CC(=O)OC1CC(C(C)(C)C)C(C(C)(C)C)C(C(C)(C)C)C1C(C)(C)C. The van der Waals surface area contributed by atoms with E-state index >= 15 is 0 Å². The van der Waals surface area contributed by atoms with Crippen molar-refractivity contribution in [3.8, 4) is 0 Å². The maximum atomic E-state index is 12.2. The number of hydrogen-bond donors (Lipinski definition) is 0. The fourth-order valence-electron chi connectivity index (χ4n) is 5.78. The summed E-state index contributed by atoms with van der Waals surface area (Å²) >= 11 is 0. The molecule has 0 aromatic rings. The molecule has 0 heterocycles. The minimum atomic E-state index is -0.288. The first-order valence-electron chi connectivity index (χ1n) is 10.6. The van der Waals surface area contributed by atoms with Crippen LogP contribution in [0.4, 0.5) is 0 Å². The summed E-state index contributed by atoms with van der Waals surface area (Å²) in [6.45, 7) is 31.9. The molecular weight excluding hydrogens is 332 g/mol. The van der Waals surface area contributed by atoms with Gasteiger partial charge in [-0.25, -0.2) is 4.79 Å². The number of rotatable bonds is 2. The molecule has 0 aromatic carbocycles. The minimum Gasteiger partial charge on any atom is -0.459 e. The molecule has 2 nitrogen and oxygen atoms in total. The summed E-state index contributed by atoms with van der Waals surface area (Å²) in [6.07, 6.45) is 2.18. The summed E-state index contributed by atoms with van der Waals surface area (Å²) in [4.78, 5) is 12.2. The van der Waals surface area contributed by atoms with Crippen LogP contribution in [0.1, 0.15) is 89.5 Å². The topological polar surface area (TPSA) is 26.3 Å². The summed E-state index contributed by atoms with van der Waals surface area (Å²) in [7, 11) is 0. The van der Waals surface area contributed by atoms with Crippen LogP contribution in [0.5, 0.6) is 0 Å². The van der Waals surface area contributed by atoms with E-state index in [9.17, 15) is 4.79 Å². The fourth-order valence-corrected chi connectivity index (χ4v) is 5.78. The van der Waals surface area contributed by atoms with Crippen LogP contribution in [0, 0.1) is 45.3 Å². The van der Waals surface area contributed by atoms with Gasteiger partial charge in [0.1, 0.15) is 6.10 Å². The Balaban J connectivity index is 3.68. The van der Waals surface area contributed by atoms with Crippen molar-refractivity contribution < 1.29 is 9.53 Å². The van der Waals surface area contributed by atoms with E-state index in [1.54, 1.807) is 0 Å². The predicted molar refractivity (Wildman–Crippen MR) is 116 cm³/mol. The fraction of sp³-hybridized carbons (Fsp3) is 0.880. The van der Waals surface area contributed by atoms with Crippen molar-refractivity contribution in [3.63, 3.8) is 0 Å². The van der Waals surface area contributed by atoms with E-state index < -0.39 is 0 Å². The van der Waals surface area contributed by atoms with Crippen LogP contribution in [0.3, 0.4) is 0 Å². The lowest BCUT2D eigenvalue weighted by Gasteiger charge is -2.61. The van der Waals surface area contributed by atoms with E-state index in [0.29, 0.717) is 23.7 Å². The molecule has 5 unspecified atom stereocenters. The number of hydrogen-bond acceptors (Lipinski definition) is 2. The summed E-state index contributed by atoms with van der Waals surface area (Å²) in [5.41, 5.74) is 0.519. The Morgan fingerprint density at radius 3 is 1.44 bits per heavy atom. The summed E-state index contributed by atoms with van der Waals surface area (Å²) in [6, 6.07) is 0. The van der Waals surface area contributed by atoms with Crippen molar-refractivity contribution in [2.24, 2.45) is 45.3 Å². The molecule has 0 radical (unpaired) electrons. The maximum Gasteiger partial charge on any atom is 0.330 e. The van der Waals surface area contributed by atoms with Gasteiger partial charge in [0.2, 0.25) is 0 Å². The van der Waals surface area contributed by atoms with Gasteiger partial charge in [-0.05, 0) is 45.8 Å². The Labute approximate surface area is 169 Å². The van der Waals surface area contributed by atoms with Crippen LogP contribution >= 0.6 is 0 Å². The highest BCUT2D eigenvalue weighted by atomic mass is 16.5. The quantitative estimate of drug-likeness (QED) is 0.377. The highest BCUT2D eigenvalue weighted by Gasteiger charge is 2.58. The number of ether oxygens (including phenoxy) is 1. The van der Waals surface area contributed by atoms with Gasteiger partial charge >= 0.3 is 5.97 Å². The molecule has 0 aromatic heterocycles. The van der Waals surface area contributed by atoms with Crippen molar-refractivity contribution >= 4 is 5.97 Å². The molecule has 1 aliphatic carbocycles. The van der Waals surface area contributed by atoms with E-state index in [-0.39, 0.29) is 33.7 Å². The third-order valence-corrected chi connectivity index (χ3v) is 6.64. The lowest BCUT2D eigenvalue weighted by Crippen LogP contribution is -2.58. The average Bonchev–Trinajstić information content (AvgIpc) is 2.41. The molecule has 158 valence electrons. The van der Waals surface area contributed by atoms with Gasteiger partial charge in [0, 0.05) is 12.0 Å².